The standard InChI is InChI=1S/C15H22O2/c1-4-5-6-7-8-13-11-14(17-3)9-10-15(13)12(2)16/h9-11H,4-8H2,1-3H3. The number of carbonyl (C=O) groups is 1. The zero-order valence-corrected chi connectivity index (χ0v) is 11.1. The van der Waals surface area contributed by atoms with Gasteiger partial charge in [0.2, 0.25) is 0 Å². The lowest BCUT2D eigenvalue weighted by molar-refractivity contribution is 0.101. The number of benzene rings is 1. The first-order valence-corrected chi connectivity index (χ1v) is 6.37. The maximum absolute atomic E-state index is 11.5. The van der Waals surface area contributed by atoms with Crippen LogP contribution >= 0.6 is 0 Å². The van der Waals surface area contributed by atoms with Gasteiger partial charge in [-0.2, -0.15) is 0 Å². The number of methoxy groups -OCH3 is 1. The second-order valence-electron chi connectivity index (χ2n) is 4.39. The van der Waals surface area contributed by atoms with Gasteiger partial charge in [-0.15, -0.1) is 0 Å². The van der Waals surface area contributed by atoms with Crippen molar-refractivity contribution >= 4 is 5.78 Å². The van der Waals surface area contributed by atoms with Crippen LogP contribution < -0.4 is 4.74 Å². The Labute approximate surface area is 104 Å². The van der Waals surface area contributed by atoms with E-state index >= 15 is 0 Å². The van der Waals surface area contributed by atoms with Gasteiger partial charge in [-0.3, -0.25) is 4.79 Å². The van der Waals surface area contributed by atoms with E-state index in [2.05, 4.69) is 6.92 Å². The predicted molar refractivity (Wildman–Crippen MR) is 70.8 cm³/mol. The molecule has 0 saturated heterocycles. The molecule has 0 radical (unpaired) electrons. The molecule has 94 valence electrons. The lowest BCUT2D eigenvalue weighted by atomic mass is 9.98. The van der Waals surface area contributed by atoms with Gasteiger partial charge in [-0.05, 0) is 43.5 Å². The number of ether oxygens (including phenoxy) is 1. The highest BCUT2D eigenvalue weighted by Gasteiger charge is 2.08. The summed E-state index contributed by atoms with van der Waals surface area (Å²) in [5.41, 5.74) is 1.95. The van der Waals surface area contributed by atoms with Crippen LogP contribution in [0.25, 0.3) is 0 Å². The molecule has 0 amide bonds. The van der Waals surface area contributed by atoms with Crippen molar-refractivity contribution in [2.24, 2.45) is 0 Å². The maximum atomic E-state index is 11.5. The van der Waals surface area contributed by atoms with E-state index in [0.29, 0.717) is 0 Å². The zero-order chi connectivity index (χ0) is 12.7. The molecule has 17 heavy (non-hydrogen) atoms. The Morgan fingerprint density at radius 1 is 1.24 bits per heavy atom. The molecule has 0 unspecified atom stereocenters. The molecular formula is C15H22O2. The first-order chi connectivity index (χ1) is 8.19. The molecule has 2 nitrogen and oxygen atoms in total. The molecule has 1 aromatic carbocycles. The third-order valence-corrected chi connectivity index (χ3v) is 2.99. The third kappa shape index (κ3) is 4.22. The van der Waals surface area contributed by atoms with Gasteiger partial charge in [0.25, 0.3) is 0 Å². The van der Waals surface area contributed by atoms with E-state index in [9.17, 15) is 4.79 Å². The molecule has 0 atom stereocenters. The molecular weight excluding hydrogens is 212 g/mol. The van der Waals surface area contributed by atoms with Crippen molar-refractivity contribution in [1.82, 2.24) is 0 Å². The number of carbonyl (C=O) groups excluding carboxylic acids is 1. The van der Waals surface area contributed by atoms with E-state index < -0.39 is 0 Å². The van der Waals surface area contributed by atoms with Gasteiger partial charge in [0.1, 0.15) is 5.75 Å². The fourth-order valence-corrected chi connectivity index (χ4v) is 1.99. The highest BCUT2D eigenvalue weighted by atomic mass is 16.5. The normalized spacial score (nSPS) is 10.3. The van der Waals surface area contributed by atoms with Crippen molar-refractivity contribution in [2.75, 3.05) is 7.11 Å². The molecule has 1 aromatic rings. The largest absolute Gasteiger partial charge is 0.497 e. The predicted octanol–water partition coefficient (Wildman–Crippen LogP) is 4.02. The summed E-state index contributed by atoms with van der Waals surface area (Å²) < 4.78 is 5.21. The van der Waals surface area contributed by atoms with E-state index in [1.165, 1.54) is 19.3 Å². The molecule has 2 heteroatoms. The summed E-state index contributed by atoms with van der Waals surface area (Å²) in [6, 6.07) is 5.71. The molecule has 0 aliphatic carbocycles. The Morgan fingerprint density at radius 3 is 2.59 bits per heavy atom. The van der Waals surface area contributed by atoms with Gasteiger partial charge in [-0.1, -0.05) is 26.2 Å². The Hall–Kier alpha value is -1.31. The maximum Gasteiger partial charge on any atom is 0.160 e. The first-order valence-electron chi connectivity index (χ1n) is 6.37. The lowest BCUT2D eigenvalue weighted by Gasteiger charge is -2.09. The average Bonchev–Trinajstić information content (AvgIpc) is 2.34. The van der Waals surface area contributed by atoms with Crippen molar-refractivity contribution in [2.45, 2.75) is 46.0 Å². The Kier molecular flexibility index (Phi) is 5.75. The minimum atomic E-state index is 0.137. The molecule has 0 fully saturated rings. The number of aryl methyl sites for hydroxylation is 1. The number of rotatable bonds is 7. The van der Waals surface area contributed by atoms with Crippen LogP contribution in [0.3, 0.4) is 0 Å². The fourth-order valence-electron chi connectivity index (χ4n) is 1.99. The number of ketones is 1. The molecule has 0 aromatic heterocycles. The van der Waals surface area contributed by atoms with Crippen molar-refractivity contribution < 1.29 is 9.53 Å². The van der Waals surface area contributed by atoms with Crippen LogP contribution in [-0.4, -0.2) is 12.9 Å². The summed E-state index contributed by atoms with van der Waals surface area (Å²) in [5.74, 6) is 0.971. The van der Waals surface area contributed by atoms with Crippen LogP contribution in [0.2, 0.25) is 0 Å². The van der Waals surface area contributed by atoms with Gasteiger partial charge < -0.3 is 4.74 Å². The number of unbranched alkanes of at least 4 members (excludes halogenated alkanes) is 3. The van der Waals surface area contributed by atoms with Crippen LogP contribution in [0.15, 0.2) is 18.2 Å². The SMILES string of the molecule is CCCCCCc1cc(OC)ccc1C(C)=O. The lowest BCUT2D eigenvalue weighted by Crippen LogP contribution is -2.00. The van der Waals surface area contributed by atoms with E-state index in [1.807, 2.05) is 18.2 Å². The van der Waals surface area contributed by atoms with E-state index in [0.717, 1.165) is 29.7 Å². The second kappa shape index (κ2) is 7.10. The molecule has 0 N–H and O–H groups in total. The van der Waals surface area contributed by atoms with Crippen LogP contribution in [0.4, 0.5) is 0 Å². The van der Waals surface area contributed by atoms with E-state index in [-0.39, 0.29) is 5.78 Å². The minimum absolute atomic E-state index is 0.137. The van der Waals surface area contributed by atoms with Crippen LogP contribution in [0.5, 0.6) is 5.75 Å². The fraction of sp³-hybridized carbons (Fsp3) is 0.533. The molecule has 0 bridgehead atoms. The topological polar surface area (TPSA) is 26.3 Å². The Morgan fingerprint density at radius 2 is 2.00 bits per heavy atom. The van der Waals surface area contributed by atoms with Crippen molar-refractivity contribution in [3.8, 4) is 5.75 Å². The number of hydrogen-bond acceptors (Lipinski definition) is 2. The monoisotopic (exact) mass is 234 g/mol. The number of Topliss-reactive ketones (excluding diaryl/α,β-unsaturated/α-hetero) is 1. The molecule has 0 saturated carbocycles. The van der Waals surface area contributed by atoms with Gasteiger partial charge in [-0.25, -0.2) is 0 Å². The summed E-state index contributed by atoms with van der Waals surface area (Å²) in [7, 11) is 1.66. The summed E-state index contributed by atoms with van der Waals surface area (Å²) in [6.07, 6.45) is 5.83. The summed E-state index contributed by atoms with van der Waals surface area (Å²) in [5, 5.41) is 0. The van der Waals surface area contributed by atoms with Gasteiger partial charge >= 0.3 is 0 Å². The quantitative estimate of drug-likeness (QED) is 0.526. The van der Waals surface area contributed by atoms with Crippen molar-refractivity contribution in [1.29, 1.82) is 0 Å². The van der Waals surface area contributed by atoms with Gasteiger partial charge in [0.15, 0.2) is 5.78 Å². The summed E-state index contributed by atoms with van der Waals surface area (Å²) in [6.45, 7) is 3.82. The van der Waals surface area contributed by atoms with Gasteiger partial charge in [0, 0.05) is 5.56 Å². The van der Waals surface area contributed by atoms with Crippen LogP contribution in [0.1, 0.15) is 55.5 Å². The zero-order valence-electron chi connectivity index (χ0n) is 11.1. The first kappa shape index (κ1) is 13.8. The number of hydrogen-bond donors (Lipinski definition) is 0. The third-order valence-electron chi connectivity index (χ3n) is 2.99. The van der Waals surface area contributed by atoms with Crippen LogP contribution in [-0.2, 0) is 6.42 Å². The molecule has 0 heterocycles. The van der Waals surface area contributed by atoms with E-state index in [1.54, 1.807) is 14.0 Å². The molecule has 0 aliphatic rings. The molecule has 0 aliphatic heterocycles. The highest BCUT2D eigenvalue weighted by molar-refractivity contribution is 5.95. The van der Waals surface area contributed by atoms with Gasteiger partial charge in [0.05, 0.1) is 7.11 Å². The highest BCUT2D eigenvalue weighted by Crippen LogP contribution is 2.20. The van der Waals surface area contributed by atoms with Crippen molar-refractivity contribution in [3.63, 3.8) is 0 Å². The Bertz CT molecular complexity index is 369. The summed E-state index contributed by atoms with van der Waals surface area (Å²) in [4.78, 5) is 11.5. The van der Waals surface area contributed by atoms with E-state index in [4.69, 9.17) is 4.74 Å². The van der Waals surface area contributed by atoms with Crippen molar-refractivity contribution in [3.05, 3.63) is 29.3 Å². The minimum Gasteiger partial charge on any atom is -0.497 e. The Balaban J connectivity index is 2.75. The molecule has 1 rings (SSSR count). The van der Waals surface area contributed by atoms with Crippen LogP contribution in [0, 0.1) is 0 Å². The smallest absolute Gasteiger partial charge is 0.160 e. The molecule has 0 spiro atoms. The second-order valence-corrected chi connectivity index (χ2v) is 4.39. The average molecular weight is 234 g/mol. The summed E-state index contributed by atoms with van der Waals surface area (Å²) >= 11 is 0.